The number of nitrogens with zero attached hydrogens (tertiary/aromatic N) is 3. The third-order valence-electron chi connectivity index (χ3n) is 5.72. The number of likely N-dealkylation sites (tertiary alicyclic amines) is 1. The molecular weight excluding hydrogens is 350 g/mol. The van der Waals surface area contributed by atoms with E-state index in [4.69, 9.17) is 9.47 Å². The van der Waals surface area contributed by atoms with Crippen LogP contribution in [-0.4, -0.2) is 34.3 Å². The standard InChI is InChI=1S/C19H19N3O5/c23-19-3-1-2-15-13-4-12(8-21(15)19)7-20(9-13)10-14-5-17-18(27-11-26-17)6-16(14)22(24)25/h1-3,5-6,12-13H,4,7-11H2/t12-,13-/m0/s1. The molecular formula is C19H19N3O5. The van der Waals surface area contributed by atoms with Crippen LogP contribution in [-0.2, 0) is 13.1 Å². The van der Waals surface area contributed by atoms with Crippen molar-refractivity contribution < 1.29 is 14.4 Å². The Balaban J connectivity index is 1.43. The zero-order valence-electron chi connectivity index (χ0n) is 14.7. The molecule has 0 unspecified atom stereocenters. The van der Waals surface area contributed by atoms with Gasteiger partial charge in [0.1, 0.15) is 0 Å². The smallest absolute Gasteiger partial charge is 0.277 e. The topological polar surface area (TPSA) is 86.8 Å². The number of pyridine rings is 1. The molecule has 5 rings (SSSR count). The highest BCUT2D eigenvalue weighted by Crippen LogP contribution is 2.40. The van der Waals surface area contributed by atoms with Crippen molar-refractivity contribution in [2.75, 3.05) is 19.9 Å². The first-order valence-corrected chi connectivity index (χ1v) is 9.07. The van der Waals surface area contributed by atoms with Gasteiger partial charge in [-0.1, -0.05) is 6.07 Å². The van der Waals surface area contributed by atoms with Gasteiger partial charge in [-0.15, -0.1) is 0 Å². The molecule has 3 aliphatic heterocycles. The molecule has 4 heterocycles. The van der Waals surface area contributed by atoms with Gasteiger partial charge in [-0.25, -0.2) is 0 Å². The van der Waals surface area contributed by atoms with Crippen LogP contribution in [0, 0.1) is 16.0 Å². The van der Waals surface area contributed by atoms with Crippen LogP contribution >= 0.6 is 0 Å². The Hall–Kier alpha value is -2.87. The lowest BCUT2D eigenvalue weighted by Crippen LogP contribution is -2.46. The summed E-state index contributed by atoms with van der Waals surface area (Å²) in [7, 11) is 0. The van der Waals surface area contributed by atoms with Crippen molar-refractivity contribution in [1.29, 1.82) is 0 Å². The maximum absolute atomic E-state index is 12.1. The summed E-state index contributed by atoms with van der Waals surface area (Å²) in [4.78, 5) is 25.5. The largest absolute Gasteiger partial charge is 0.454 e. The van der Waals surface area contributed by atoms with E-state index < -0.39 is 0 Å². The number of hydrogen-bond acceptors (Lipinski definition) is 6. The monoisotopic (exact) mass is 369 g/mol. The van der Waals surface area contributed by atoms with Crippen LogP contribution in [0.3, 0.4) is 0 Å². The summed E-state index contributed by atoms with van der Waals surface area (Å²) in [5.41, 5.74) is 1.83. The van der Waals surface area contributed by atoms with Crippen molar-refractivity contribution in [2.24, 2.45) is 5.92 Å². The van der Waals surface area contributed by atoms with Gasteiger partial charge in [0.05, 0.1) is 11.0 Å². The summed E-state index contributed by atoms with van der Waals surface area (Å²) in [5.74, 6) is 1.64. The molecule has 2 aromatic rings. The van der Waals surface area contributed by atoms with Gasteiger partial charge in [-0.2, -0.15) is 0 Å². The molecule has 2 bridgehead atoms. The Morgan fingerprint density at radius 1 is 1.15 bits per heavy atom. The quantitative estimate of drug-likeness (QED) is 0.608. The molecule has 0 N–H and O–H groups in total. The highest BCUT2D eigenvalue weighted by atomic mass is 16.7. The molecule has 0 amide bonds. The van der Waals surface area contributed by atoms with Gasteiger partial charge < -0.3 is 14.0 Å². The maximum atomic E-state index is 12.1. The molecule has 1 saturated heterocycles. The van der Waals surface area contributed by atoms with Crippen molar-refractivity contribution in [2.45, 2.75) is 25.4 Å². The number of ether oxygens (including phenoxy) is 2. The molecule has 1 fully saturated rings. The summed E-state index contributed by atoms with van der Waals surface area (Å²) in [6.07, 6.45) is 1.06. The first-order chi connectivity index (χ1) is 13.1. The first kappa shape index (κ1) is 16.3. The van der Waals surface area contributed by atoms with E-state index in [9.17, 15) is 14.9 Å². The number of nitro groups is 1. The van der Waals surface area contributed by atoms with Crippen molar-refractivity contribution in [3.05, 3.63) is 62.1 Å². The van der Waals surface area contributed by atoms with Crippen molar-refractivity contribution >= 4 is 5.69 Å². The second-order valence-corrected chi connectivity index (χ2v) is 7.48. The van der Waals surface area contributed by atoms with Gasteiger partial charge in [-0.3, -0.25) is 19.8 Å². The molecule has 0 spiro atoms. The summed E-state index contributed by atoms with van der Waals surface area (Å²) in [6.45, 7) is 2.89. The number of benzene rings is 1. The van der Waals surface area contributed by atoms with Crippen LogP contribution in [0.5, 0.6) is 11.5 Å². The van der Waals surface area contributed by atoms with E-state index >= 15 is 0 Å². The number of aromatic nitrogens is 1. The SMILES string of the molecule is O=c1cccc2n1C[C@H]1C[C@H]2CN(Cc2cc3c(cc2[N+](=O)[O-])OCO3)C1. The Kier molecular flexibility index (Phi) is 3.68. The summed E-state index contributed by atoms with van der Waals surface area (Å²) in [5, 5.41) is 11.5. The lowest BCUT2D eigenvalue weighted by molar-refractivity contribution is -0.385. The summed E-state index contributed by atoms with van der Waals surface area (Å²) >= 11 is 0. The Morgan fingerprint density at radius 2 is 1.96 bits per heavy atom. The molecule has 140 valence electrons. The Labute approximate surface area is 155 Å². The average molecular weight is 369 g/mol. The van der Waals surface area contributed by atoms with Crippen LogP contribution in [0.25, 0.3) is 0 Å². The molecule has 0 aliphatic carbocycles. The van der Waals surface area contributed by atoms with Gasteiger partial charge >= 0.3 is 0 Å². The molecule has 2 atom stereocenters. The van der Waals surface area contributed by atoms with Gasteiger partial charge in [0.15, 0.2) is 11.5 Å². The Morgan fingerprint density at radius 3 is 2.78 bits per heavy atom. The third kappa shape index (κ3) is 2.76. The molecule has 0 radical (unpaired) electrons. The van der Waals surface area contributed by atoms with E-state index in [0.29, 0.717) is 36.1 Å². The van der Waals surface area contributed by atoms with E-state index in [-0.39, 0.29) is 28.9 Å². The number of nitro benzene ring substituents is 1. The predicted octanol–water partition coefficient (Wildman–Crippen LogP) is 2.10. The number of piperidine rings is 1. The van der Waals surface area contributed by atoms with E-state index in [1.807, 2.05) is 16.7 Å². The van der Waals surface area contributed by atoms with Crippen molar-refractivity contribution in [1.82, 2.24) is 9.47 Å². The molecule has 8 nitrogen and oxygen atoms in total. The maximum Gasteiger partial charge on any atom is 0.277 e. The van der Waals surface area contributed by atoms with E-state index in [0.717, 1.165) is 25.2 Å². The van der Waals surface area contributed by atoms with E-state index in [1.54, 1.807) is 12.1 Å². The molecule has 8 heteroatoms. The van der Waals surface area contributed by atoms with Crippen LogP contribution in [0.4, 0.5) is 5.69 Å². The number of hydrogen-bond donors (Lipinski definition) is 0. The average Bonchev–Trinajstić information content (AvgIpc) is 3.09. The lowest BCUT2D eigenvalue weighted by Gasteiger charge is -2.42. The second-order valence-electron chi connectivity index (χ2n) is 7.48. The van der Waals surface area contributed by atoms with Crippen molar-refractivity contribution in [3.8, 4) is 11.5 Å². The van der Waals surface area contributed by atoms with Gasteiger partial charge in [0, 0.05) is 49.4 Å². The van der Waals surface area contributed by atoms with Crippen molar-refractivity contribution in [3.63, 3.8) is 0 Å². The van der Waals surface area contributed by atoms with E-state index in [1.165, 1.54) is 6.07 Å². The van der Waals surface area contributed by atoms with Crippen LogP contribution in [0.15, 0.2) is 35.1 Å². The van der Waals surface area contributed by atoms with Crippen LogP contribution in [0.1, 0.15) is 23.6 Å². The van der Waals surface area contributed by atoms with Gasteiger partial charge in [0.25, 0.3) is 11.2 Å². The minimum absolute atomic E-state index is 0.0575. The molecule has 27 heavy (non-hydrogen) atoms. The number of rotatable bonds is 3. The Bertz CT molecular complexity index is 986. The normalized spacial score (nSPS) is 23.1. The zero-order valence-corrected chi connectivity index (χ0v) is 14.7. The highest BCUT2D eigenvalue weighted by Gasteiger charge is 2.35. The van der Waals surface area contributed by atoms with Crippen LogP contribution < -0.4 is 15.0 Å². The minimum atomic E-state index is -0.364. The first-order valence-electron chi connectivity index (χ1n) is 9.07. The summed E-state index contributed by atoms with van der Waals surface area (Å²) in [6, 6.07) is 8.63. The number of fused-ring (bicyclic) bond motifs is 5. The zero-order chi connectivity index (χ0) is 18.5. The molecule has 3 aliphatic rings. The minimum Gasteiger partial charge on any atom is -0.454 e. The van der Waals surface area contributed by atoms with Gasteiger partial charge in [-0.05, 0) is 24.5 Å². The lowest BCUT2D eigenvalue weighted by atomic mass is 9.83. The molecule has 1 aromatic heterocycles. The molecule has 0 saturated carbocycles. The fraction of sp³-hybridized carbons (Fsp3) is 0.421. The second kappa shape index (κ2) is 6.09. The third-order valence-corrected chi connectivity index (χ3v) is 5.72. The predicted molar refractivity (Wildman–Crippen MR) is 96.0 cm³/mol. The summed E-state index contributed by atoms with van der Waals surface area (Å²) < 4.78 is 12.6. The fourth-order valence-corrected chi connectivity index (χ4v) is 4.64. The van der Waals surface area contributed by atoms with Gasteiger partial charge in [0.2, 0.25) is 6.79 Å². The fourth-order valence-electron chi connectivity index (χ4n) is 4.64. The molecule has 1 aromatic carbocycles. The van der Waals surface area contributed by atoms with Crippen LogP contribution in [0.2, 0.25) is 0 Å². The van der Waals surface area contributed by atoms with E-state index in [2.05, 4.69) is 4.90 Å². The highest BCUT2D eigenvalue weighted by molar-refractivity contribution is 5.55.